The number of carbonyl (C=O) groups excluding carboxylic acids is 1. The Morgan fingerprint density at radius 1 is 1.09 bits per heavy atom. The van der Waals surface area contributed by atoms with E-state index in [0.717, 1.165) is 5.56 Å². The number of benzene rings is 2. The molecule has 2 rings (SSSR count). The maximum absolute atomic E-state index is 14.5. The molecule has 0 heterocycles. The van der Waals surface area contributed by atoms with Crippen molar-refractivity contribution in [2.45, 2.75) is 31.7 Å². The summed E-state index contributed by atoms with van der Waals surface area (Å²) >= 11 is 0. The topological polar surface area (TPSA) is 49.3 Å². The fourth-order valence-electron chi connectivity index (χ4n) is 2.29. The van der Waals surface area contributed by atoms with Crippen LogP contribution in [0.3, 0.4) is 0 Å². The van der Waals surface area contributed by atoms with E-state index in [4.69, 9.17) is 0 Å². The highest BCUT2D eigenvalue weighted by Crippen LogP contribution is 2.27. The molecule has 2 aromatic carbocycles. The molecule has 4 heteroatoms. The van der Waals surface area contributed by atoms with Crippen molar-refractivity contribution >= 4 is 5.91 Å². The minimum absolute atomic E-state index is 0.335. The van der Waals surface area contributed by atoms with Crippen molar-refractivity contribution in [3.05, 3.63) is 71.8 Å². The van der Waals surface area contributed by atoms with E-state index in [-0.39, 0.29) is 6.04 Å². The van der Waals surface area contributed by atoms with Crippen LogP contribution in [0.4, 0.5) is 4.39 Å². The third-order valence-corrected chi connectivity index (χ3v) is 3.74. The average molecular weight is 301 g/mol. The molecular weight excluding hydrogens is 281 g/mol. The number of hydrogen-bond acceptors (Lipinski definition) is 2. The van der Waals surface area contributed by atoms with Crippen LogP contribution < -0.4 is 5.32 Å². The summed E-state index contributed by atoms with van der Waals surface area (Å²) in [6.45, 7) is 3.08. The van der Waals surface area contributed by atoms with Gasteiger partial charge in [0.15, 0.2) is 0 Å². The summed E-state index contributed by atoms with van der Waals surface area (Å²) in [5, 5.41) is 13.0. The Morgan fingerprint density at radius 2 is 1.59 bits per heavy atom. The van der Waals surface area contributed by atoms with Crippen LogP contribution in [-0.2, 0) is 10.4 Å². The lowest BCUT2D eigenvalue weighted by molar-refractivity contribution is -0.137. The minimum Gasteiger partial charge on any atom is -0.382 e. The van der Waals surface area contributed by atoms with E-state index in [0.29, 0.717) is 5.56 Å². The zero-order chi connectivity index (χ0) is 16.2. The Balaban J connectivity index is 2.09. The van der Waals surface area contributed by atoms with Crippen molar-refractivity contribution in [2.24, 2.45) is 0 Å². The second kappa shape index (κ2) is 6.71. The largest absolute Gasteiger partial charge is 0.382 e. The summed E-state index contributed by atoms with van der Waals surface area (Å²) < 4.78 is 14.5. The second-order valence-corrected chi connectivity index (χ2v) is 5.52. The van der Waals surface area contributed by atoms with Gasteiger partial charge in [-0.3, -0.25) is 4.79 Å². The van der Waals surface area contributed by atoms with Gasteiger partial charge in [-0.15, -0.1) is 0 Å². The lowest BCUT2D eigenvalue weighted by atomic mass is 9.90. The highest BCUT2D eigenvalue weighted by Gasteiger charge is 2.39. The van der Waals surface area contributed by atoms with Crippen LogP contribution in [0.5, 0.6) is 0 Å². The molecule has 1 amide bonds. The van der Waals surface area contributed by atoms with Crippen LogP contribution >= 0.6 is 0 Å². The highest BCUT2D eigenvalue weighted by molar-refractivity contribution is 5.82. The Kier molecular flexibility index (Phi) is 4.93. The summed E-state index contributed by atoms with van der Waals surface area (Å²) in [5.74, 6) is -0.829. The third kappa shape index (κ3) is 3.52. The quantitative estimate of drug-likeness (QED) is 0.891. The van der Waals surface area contributed by atoms with Crippen LogP contribution in [0.1, 0.15) is 31.0 Å². The summed E-state index contributed by atoms with van der Waals surface area (Å²) in [7, 11) is 0. The van der Waals surface area contributed by atoms with Gasteiger partial charge >= 0.3 is 0 Å². The third-order valence-electron chi connectivity index (χ3n) is 3.74. The summed E-state index contributed by atoms with van der Waals surface area (Å²) in [6.07, 6.45) is -2.05. The molecular formula is C18H20FNO2. The predicted octanol–water partition coefficient (Wildman–Crippen LogP) is 3.11. The van der Waals surface area contributed by atoms with Gasteiger partial charge in [0, 0.05) is 0 Å². The molecule has 22 heavy (non-hydrogen) atoms. The zero-order valence-electron chi connectivity index (χ0n) is 12.7. The molecule has 0 bridgehead atoms. The second-order valence-electron chi connectivity index (χ2n) is 5.52. The SMILES string of the molecule is C[C@H](NC(=O)[C@H](F)[C@](C)(O)c1ccccc1)c1ccccc1. The van der Waals surface area contributed by atoms with E-state index in [1.165, 1.54) is 6.92 Å². The van der Waals surface area contributed by atoms with Gasteiger partial charge in [0.1, 0.15) is 5.60 Å². The first kappa shape index (κ1) is 16.2. The molecule has 0 unspecified atom stereocenters. The zero-order valence-corrected chi connectivity index (χ0v) is 12.7. The average Bonchev–Trinajstić information content (AvgIpc) is 2.55. The number of hydrogen-bond donors (Lipinski definition) is 2. The normalized spacial score (nSPS) is 16.4. The van der Waals surface area contributed by atoms with Gasteiger partial charge in [-0.1, -0.05) is 60.7 Å². The van der Waals surface area contributed by atoms with Crippen LogP contribution in [-0.4, -0.2) is 17.2 Å². The number of rotatable bonds is 5. The number of carbonyl (C=O) groups is 1. The van der Waals surface area contributed by atoms with Gasteiger partial charge in [-0.25, -0.2) is 4.39 Å². The molecule has 116 valence electrons. The molecule has 3 atom stereocenters. The van der Waals surface area contributed by atoms with E-state index in [1.807, 2.05) is 30.3 Å². The number of alkyl halides is 1. The first-order valence-corrected chi connectivity index (χ1v) is 7.20. The lowest BCUT2D eigenvalue weighted by Crippen LogP contribution is -2.45. The van der Waals surface area contributed by atoms with Crippen LogP contribution in [0.15, 0.2) is 60.7 Å². The van der Waals surface area contributed by atoms with Crippen molar-refractivity contribution in [1.82, 2.24) is 5.32 Å². The molecule has 0 aliphatic rings. The van der Waals surface area contributed by atoms with Crippen molar-refractivity contribution < 1.29 is 14.3 Å². The molecule has 0 aromatic heterocycles. The Labute approximate surface area is 129 Å². The molecule has 2 aromatic rings. The van der Waals surface area contributed by atoms with E-state index in [2.05, 4.69) is 5.32 Å². The molecule has 0 radical (unpaired) electrons. The van der Waals surface area contributed by atoms with E-state index >= 15 is 0 Å². The molecule has 0 saturated carbocycles. The molecule has 0 aliphatic carbocycles. The van der Waals surface area contributed by atoms with E-state index < -0.39 is 17.7 Å². The number of amides is 1. The molecule has 0 spiro atoms. The standard InChI is InChI=1S/C18H20FNO2/c1-13(14-9-5-3-6-10-14)20-17(21)16(19)18(2,22)15-11-7-4-8-12-15/h3-13,16,22H,1-2H3,(H,20,21)/t13-,16-,18+/m0/s1. The number of aliphatic hydroxyl groups is 1. The molecule has 3 nitrogen and oxygen atoms in total. The number of nitrogens with one attached hydrogen (secondary N) is 1. The van der Waals surface area contributed by atoms with Crippen molar-refractivity contribution in [3.8, 4) is 0 Å². The van der Waals surface area contributed by atoms with Gasteiger partial charge < -0.3 is 10.4 Å². The van der Waals surface area contributed by atoms with Crippen LogP contribution in [0, 0.1) is 0 Å². The van der Waals surface area contributed by atoms with Gasteiger partial charge in [-0.05, 0) is 25.0 Å². The molecule has 2 N–H and O–H groups in total. The Morgan fingerprint density at radius 3 is 2.14 bits per heavy atom. The molecule has 0 fully saturated rings. The summed E-state index contributed by atoms with van der Waals surface area (Å²) in [6, 6.07) is 17.3. The minimum atomic E-state index is -2.05. The van der Waals surface area contributed by atoms with Crippen molar-refractivity contribution in [2.75, 3.05) is 0 Å². The predicted molar refractivity (Wildman–Crippen MR) is 83.9 cm³/mol. The van der Waals surface area contributed by atoms with Gasteiger partial charge in [0.2, 0.25) is 6.17 Å². The smallest absolute Gasteiger partial charge is 0.258 e. The fraction of sp³-hybridized carbons (Fsp3) is 0.278. The summed E-state index contributed by atoms with van der Waals surface area (Å²) in [5.41, 5.74) is -0.630. The fourth-order valence-corrected chi connectivity index (χ4v) is 2.29. The van der Waals surface area contributed by atoms with Gasteiger partial charge in [0.05, 0.1) is 6.04 Å². The van der Waals surface area contributed by atoms with E-state index in [9.17, 15) is 14.3 Å². The molecule has 0 aliphatic heterocycles. The monoisotopic (exact) mass is 301 g/mol. The van der Waals surface area contributed by atoms with Gasteiger partial charge in [0.25, 0.3) is 5.91 Å². The Hall–Kier alpha value is -2.20. The maximum Gasteiger partial charge on any atom is 0.258 e. The first-order valence-electron chi connectivity index (χ1n) is 7.20. The first-order chi connectivity index (χ1) is 10.4. The maximum atomic E-state index is 14.5. The van der Waals surface area contributed by atoms with Gasteiger partial charge in [-0.2, -0.15) is 0 Å². The number of halogens is 1. The van der Waals surface area contributed by atoms with Crippen molar-refractivity contribution in [3.63, 3.8) is 0 Å². The Bertz CT molecular complexity index is 613. The molecule has 0 saturated heterocycles. The lowest BCUT2D eigenvalue weighted by Gasteiger charge is -2.28. The van der Waals surface area contributed by atoms with E-state index in [1.54, 1.807) is 37.3 Å². The summed E-state index contributed by atoms with van der Waals surface area (Å²) in [4.78, 5) is 12.1. The van der Waals surface area contributed by atoms with Crippen LogP contribution in [0.25, 0.3) is 0 Å². The van der Waals surface area contributed by atoms with Crippen LogP contribution in [0.2, 0.25) is 0 Å². The highest BCUT2D eigenvalue weighted by atomic mass is 19.1. The van der Waals surface area contributed by atoms with Crippen molar-refractivity contribution in [1.29, 1.82) is 0 Å².